The first kappa shape index (κ1) is 17.3. The molecule has 0 fully saturated rings. The lowest BCUT2D eigenvalue weighted by atomic mass is 10.1. The summed E-state index contributed by atoms with van der Waals surface area (Å²) in [5, 5.41) is 13.0. The smallest absolute Gasteiger partial charge is 0.253 e. The zero-order valence-electron chi connectivity index (χ0n) is 13.6. The number of anilines is 1. The van der Waals surface area contributed by atoms with Gasteiger partial charge in [-0.05, 0) is 36.3 Å². The molecule has 1 aromatic heterocycles. The quantitative estimate of drug-likeness (QED) is 0.655. The highest BCUT2D eigenvalue weighted by Gasteiger charge is 2.10. The third-order valence-electron chi connectivity index (χ3n) is 3.50. The van der Waals surface area contributed by atoms with Gasteiger partial charge in [0.1, 0.15) is 5.01 Å². The molecule has 0 aliphatic rings. The molecule has 25 heavy (non-hydrogen) atoms. The lowest BCUT2D eigenvalue weighted by Gasteiger charge is -2.01. The highest BCUT2D eigenvalue weighted by molar-refractivity contribution is 7.15. The number of hydrogen-bond donors (Lipinski definition) is 1. The maximum atomic E-state index is 12.3. The number of aromatic nitrogens is 2. The number of rotatable bonds is 5. The van der Waals surface area contributed by atoms with Gasteiger partial charge in [0.2, 0.25) is 5.13 Å². The summed E-state index contributed by atoms with van der Waals surface area (Å²) < 4.78 is 0. The monoisotopic (exact) mass is 369 g/mol. The van der Waals surface area contributed by atoms with Crippen LogP contribution in [0.5, 0.6) is 0 Å². The normalized spacial score (nSPS) is 11.4. The van der Waals surface area contributed by atoms with Crippen molar-refractivity contribution in [2.75, 3.05) is 5.32 Å². The zero-order chi connectivity index (χ0) is 17.6. The van der Waals surface area contributed by atoms with Crippen molar-refractivity contribution in [1.29, 1.82) is 0 Å². The van der Waals surface area contributed by atoms with Gasteiger partial charge in [0, 0.05) is 17.0 Å². The molecule has 1 amide bonds. The van der Waals surface area contributed by atoms with Gasteiger partial charge in [-0.1, -0.05) is 65.4 Å². The van der Waals surface area contributed by atoms with Crippen LogP contribution in [0, 0.1) is 0 Å². The minimum atomic E-state index is -0.182. The predicted molar refractivity (Wildman–Crippen MR) is 103 cm³/mol. The summed E-state index contributed by atoms with van der Waals surface area (Å²) in [6.07, 6.45) is 2.49. The van der Waals surface area contributed by atoms with Crippen molar-refractivity contribution >= 4 is 40.1 Å². The Labute approximate surface area is 155 Å². The second-order valence-corrected chi connectivity index (χ2v) is 6.99. The van der Waals surface area contributed by atoms with E-state index in [1.807, 2.05) is 60.7 Å². The molecule has 1 heterocycles. The standard InChI is InChI=1S/C19H16ClN3OS/c1-13(11-14-5-3-2-4-6-14)18(24)21-19-23-22-17(25-19)12-15-7-9-16(20)10-8-15/h2-11H,12H2,1H3,(H,21,23,24)/b13-11-. The Morgan fingerprint density at radius 3 is 2.56 bits per heavy atom. The van der Waals surface area contributed by atoms with Crippen molar-refractivity contribution in [2.24, 2.45) is 0 Å². The van der Waals surface area contributed by atoms with Gasteiger partial charge < -0.3 is 0 Å². The second kappa shape index (κ2) is 8.05. The van der Waals surface area contributed by atoms with Crippen LogP contribution in [0.15, 0.2) is 60.2 Å². The maximum Gasteiger partial charge on any atom is 0.253 e. The molecule has 0 radical (unpaired) electrons. The van der Waals surface area contributed by atoms with E-state index in [1.165, 1.54) is 11.3 Å². The Hall–Kier alpha value is -2.50. The number of carbonyl (C=O) groups is 1. The van der Waals surface area contributed by atoms with Gasteiger partial charge in [0.25, 0.3) is 5.91 Å². The molecule has 126 valence electrons. The number of halogens is 1. The summed E-state index contributed by atoms with van der Waals surface area (Å²) in [7, 11) is 0. The van der Waals surface area contributed by atoms with Crippen LogP contribution >= 0.6 is 22.9 Å². The van der Waals surface area contributed by atoms with Crippen LogP contribution < -0.4 is 5.32 Å². The van der Waals surface area contributed by atoms with E-state index in [0.717, 1.165) is 16.1 Å². The molecule has 0 saturated carbocycles. The van der Waals surface area contributed by atoms with Gasteiger partial charge in [-0.3, -0.25) is 10.1 Å². The Morgan fingerprint density at radius 2 is 1.84 bits per heavy atom. The van der Waals surface area contributed by atoms with E-state index in [2.05, 4.69) is 15.5 Å². The highest BCUT2D eigenvalue weighted by atomic mass is 35.5. The zero-order valence-corrected chi connectivity index (χ0v) is 15.1. The van der Waals surface area contributed by atoms with Crippen LogP contribution in [0.1, 0.15) is 23.1 Å². The molecule has 0 atom stereocenters. The van der Waals surface area contributed by atoms with Gasteiger partial charge in [-0.25, -0.2) is 0 Å². The molecule has 1 N–H and O–H groups in total. The Morgan fingerprint density at radius 1 is 1.12 bits per heavy atom. The first-order valence-electron chi connectivity index (χ1n) is 7.72. The molecule has 3 rings (SSSR count). The van der Waals surface area contributed by atoms with Crippen molar-refractivity contribution in [3.63, 3.8) is 0 Å². The lowest BCUT2D eigenvalue weighted by Crippen LogP contribution is -2.12. The van der Waals surface area contributed by atoms with E-state index in [4.69, 9.17) is 11.6 Å². The number of benzene rings is 2. The molecule has 4 nitrogen and oxygen atoms in total. The van der Waals surface area contributed by atoms with Crippen LogP contribution in [0.2, 0.25) is 5.02 Å². The van der Waals surface area contributed by atoms with Gasteiger partial charge in [-0.2, -0.15) is 0 Å². The lowest BCUT2D eigenvalue weighted by molar-refractivity contribution is -0.112. The average molecular weight is 370 g/mol. The second-order valence-electron chi connectivity index (χ2n) is 5.50. The van der Waals surface area contributed by atoms with Crippen LogP contribution in [-0.4, -0.2) is 16.1 Å². The van der Waals surface area contributed by atoms with Crippen LogP contribution in [0.4, 0.5) is 5.13 Å². The minimum absolute atomic E-state index is 0.182. The first-order chi connectivity index (χ1) is 12.1. The van der Waals surface area contributed by atoms with Gasteiger partial charge in [0.05, 0.1) is 0 Å². The summed E-state index contributed by atoms with van der Waals surface area (Å²) in [5.41, 5.74) is 2.69. The highest BCUT2D eigenvalue weighted by Crippen LogP contribution is 2.20. The molecule has 0 aliphatic heterocycles. The Kier molecular flexibility index (Phi) is 5.58. The van der Waals surface area contributed by atoms with Gasteiger partial charge in [-0.15, -0.1) is 10.2 Å². The fourth-order valence-electron chi connectivity index (χ4n) is 2.21. The fraction of sp³-hybridized carbons (Fsp3) is 0.105. The van der Waals surface area contributed by atoms with Crippen LogP contribution in [-0.2, 0) is 11.2 Å². The molecule has 3 aromatic rings. The van der Waals surface area contributed by atoms with E-state index in [1.54, 1.807) is 6.92 Å². The number of nitrogens with one attached hydrogen (secondary N) is 1. The SMILES string of the molecule is C/C(=C/c1ccccc1)C(=O)Nc1nnc(Cc2ccc(Cl)cc2)s1. The molecule has 0 aliphatic carbocycles. The molecule has 2 aromatic carbocycles. The Balaban J connectivity index is 1.63. The average Bonchev–Trinajstić information content (AvgIpc) is 3.04. The third kappa shape index (κ3) is 4.98. The van der Waals surface area contributed by atoms with E-state index < -0.39 is 0 Å². The van der Waals surface area contributed by atoms with Crippen LogP contribution in [0.25, 0.3) is 6.08 Å². The number of hydrogen-bond acceptors (Lipinski definition) is 4. The molecule has 0 unspecified atom stereocenters. The Bertz CT molecular complexity index is 889. The van der Waals surface area contributed by atoms with Crippen LogP contribution in [0.3, 0.4) is 0 Å². The van der Waals surface area contributed by atoms with Crippen molar-refractivity contribution in [3.8, 4) is 0 Å². The van der Waals surface area contributed by atoms with Crippen molar-refractivity contribution in [2.45, 2.75) is 13.3 Å². The summed E-state index contributed by atoms with van der Waals surface area (Å²) in [6.45, 7) is 1.78. The molecular formula is C19H16ClN3OS. The third-order valence-corrected chi connectivity index (χ3v) is 4.59. The fourth-order valence-corrected chi connectivity index (χ4v) is 3.11. The topological polar surface area (TPSA) is 54.9 Å². The molecule has 0 bridgehead atoms. The summed E-state index contributed by atoms with van der Waals surface area (Å²) in [6, 6.07) is 17.3. The predicted octanol–water partition coefficient (Wildman–Crippen LogP) is 4.82. The van der Waals surface area contributed by atoms with E-state index in [9.17, 15) is 4.79 Å². The largest absolute Gasteiger partial charge is 0.297 e. The van der Waals surface area contributed by atoms with Crippen molar-refractivity contribution in [3.05, 3.63) is 81.3 Å². The summed E-state index contributed by atoms with van der Waals surface area (Å²) in [5.74, 6) is -0.182. The molecular weight excluding hydrogens is 354 g/mol. The van der Waals surface area contributed by atoms with Crippen molar-refractivity contribution < 1.29 is 4.79 Å². The van der Waals surface area contributed by atoms with Crippen molar-refractivity contribution in [1.82, 2.24) is 10.2 Å². The molecule has 6 heteroatoms. The number of amides is 1. The first-order valence-corrected chi connectivity index (χ1v) is 8.91. The summed E-state index contributed by atoms with van der Waals surface area (Å²) >= 11 is 7.26. The molecule has 0 spiro atoms. The van der Waals surface area contributed by atoms with E-state index in [-0.39, 0.29) is 5.91 Å². The van der Waals surface area contributed by atoms with Gasteiger partial charge in [0.15, 0.2) is 0 Å². The van der Waals surface area contributed by atoms with Gasteiger partial charge >= 0.3 is 0 Å². The van der Waals surface area contributed by atoms with E-state index >= 15 is 0 Å². The summed E-state index contributed by atoms with van der Waals surface area (Å²) in [4.78, 5) is 12.3. The number of carbonyl (C=O) groups excluding carboxylic acids is 1. The van der Waals surface area contributed by atoms with E-state index in [0.29, 0.717) is 22.1 Å². The molecule has 0 saturated heterocycles. The minimum Gasteiger partial charge on any atom is -0.297 e. The number of nitrogens with zero attached hydrogens (tertiary/aromatic N) is 2. The maximum absolute atomic E-state index is 12.3.